The highest BCUT2D eigenvalue weighted by Gasteiger charge is 2.46. The Bertz CT molecular complexity index is 721. The predicted molar refractivity (Wildman–Crippen MR) is 88.3 cm³/mol. The predicted octanol–water partition coefficient (Wildman–Crippen LogP) is 2.11. The smallest absolute Gasteiger partial charge is 0.233 e. The molecule has 3 rings (SSSR count). The van der Waals surface area contributed by atoms with Crippen molar-refractivity contribution in [3.63, 3.8) is 0 Å². The number of anilines is 1. The average molecular weight is 346 g/mol. The van der Waals surface area contributed by atoms with Gasteiger partial charge in [-0.3, -0.25) is 19.3 Å². The number of imide groups is 1. The summed E-state index contributed by atoms with van der Waals surface area (Å²) in [5.41, 5.74) is 0.339. The number of nitrogens with zero attached hydrogens (tertiary/aromatic N) is 1. The summed E-state index contributed by atoms with van der Waals surface area (Å²) in [6.45, 7) is 0.0417. The zero-order chi connectivity index (χ0) is 18.0. The van der Waals surface area contributed by atoms with Crippen LogP contribution < -0.4 is 10.1 Å². The van der Waals surface area contributed by atoms with Crippen molar-refractivity contribution in [2.45, 2.75) is 19.3 Å². The molecule has 2 unspecified atom stereocenters. The van der Waals surface area contributed by atoms with Crippen LogP contribution in [0.4, 0.5) is 10.1 Å². The Hall–Kier alpha value is -2.70. The number of amides is 3. The summed E-state index contributed by atoms with van der Waals surface area (Å²) in [5, 5.41) is 2.61. The highest BCUT2D eigenvalue weighted by Crippen LogP contribution is 2.35. The van der Waals surface area contributed by atoms with E-state index in [2.05, 4.69) is 5.32 Å². The molecule has 1 aromatic carbocycles. The van der Waals surface area contributed by atoms with Crippen LogP contribution in [0.2, 0.25) is 0 Å². The summed E-state index contributed by atoms with van der Waals surface area (Å²) in [4.78, 5) is 38.0. The van der Waals surface area contributed by atoms with Crippen molar-refractivity contribution in [1.29, 1.82) is 0 Å². The van der Waals surface area contributed by atoms with Crippen molar-refractivity contribution >= 4 is 23.4 Å². The molecule has 1 aliphatic carbocycles. The van der Waals surface area contributed by atoms with Crippen molar-refractivity contribution in [3.05, 3.63) is 36.2 Å². The van der Waals surface area contributed by atoms with Crippen molar-refractivity contribution in [1.82, 2.24) is 4.90 Å². The van der Waals surface area contributed by atoms with E-state index in [1.165, 1.54) is 30.2 Å². The normalized spacial score (nSPS) is 22.1. The molecule has 1 heterocycles. The summed E-state index contributed by atoms with van der Waals surface area (Å²) in [6.07, 6.45) is 4.97. The van der Waals surface area contributed by atoms with Gasteiger partial charge in [0.05, 0.1) is 24.6 Å². The molecule has 1 aromatic rings. The quantitative estimate of drug-likeness (QED) is 0.654. The first-order valence-electron chi connectivity index (χ1n) is 8.15. The maximum atomic E-state index is 13.2. The first kappa shape index (κ1) is 17.1. The largest absolute Gasteiger partial charge is 0.494 e. The van der Waals surface area contributed by atoms with Gasteiger partial charge in [0.25, 0.3) is 0 Å². The second-order valence-electron chi connectivity index (χ2n) is 6.13. The standard InChI is InChI=1S/C18H19FN2O4/c1-25-15-10-11(19)6-7-14(15)20-16(22)8-9-21-17(23)12-4-2-3-5-13(12)18(21)24/h2-3,6-7,10,12-13H,4-5,8-9H2,1H3,(H,20,22). The van der Waals surface area contributed by atoms with Crippen LogP contribution in [0.25, 0.3) is 0 Å². The lowest BCUT2D eigenvalue weighted by Gasteiger charge is -2.15. The molecule has 1 aliphatic heterocycles. The summed E-state index contributed by atoms with van der Waals surface area (Å²) < 4.78 is 18.2. The molecule has 0 spiro atoms. The molecule has 1 saturated heterocycles. The fourth-order valence-corrected chi connectivity index (χ4v) is 3.28. The molecular weight excluding hydrogens is 327 g/mol. The van der Waals surface area contributed by atoms with Gasteiger partial charge < -0.3 is 10.1 Å². The van der Waals surface area contributed by atoms with E-state index < -0.39 is 5.82 Å². The number of methoxy groups -OCH3 is 1. The Balaban J connectivity index is 1.60. The zero-order valence-corrected chi connectivity index (χ0v) is 13.8. The molecule has 2 aliphatic rings. The van der Waals surface area contributed by atoms with E-state index in [0.717, 1.165) is 0 Å². The van der Waals surface area contributed by atoms with Gasteiger partial charge in [0.2, 0.25) is 17.7 Å². The molecule has 0 aromatic heterocycles. The molecule has 3 amide bonds. The number of benzene rings is 1. The zero-order valence-electron chi connectivity index (χ0n) is 13.8. The van der Waals surface area contributed by atoms with Gasteiger partial charge in [0.1, 0.15) is 11.6 Å². The van der Waals surface area contributed by atoms with E-state index in [4.69, 9.17) is 4.74 Å². The van der Waals surface area contributed by atoms with Crippen LogP contribution >= 0.6 is 0 Å². The molecular formula is C18H19FN2O4. The number of carbonyl (C=O) groups is 3. The van der Waals surface area contributed by atoms with Gasteiger partial charge in [-0.2, -0.15) is 0 Å². The Morgan fingerprint density at radius 1 is 1.24 bits per heavy atom. The number of allylic oxidation sites excluding steroid dienone is 2. The third-order valence-electron chi connectivity index (χ3n) is 4.60. The summed E-state index contributed by atoms with van der Waals surface area (Å²) >= 11 is 0. The van der Waals surface area contributed by atoms with Crippen LogP contribution in [0.15, 0.2) is 30.4 Å². The van der Waals surface area contributed by atoms with Gasteiger partial charge in [-0.1, -0.05) is 12.2 Å². The molecule has 132 valence electrons. The number of hydrogen-bond donors (Lipinski definition) is 1. The lowest BCUT2D eigenvalue weighted by Crippen LogP contribution is -2.34. The van der Waals surface area contributed by atoms with Crippen molar-refractivity contribution in [3.8, 4) is 5.75 Å². The maximum absolute atomic E-state index is 13.2. The van der Waals surface area contributed by atoms with Crippen LogP contribution in [-0.4, -0.2) is 36.3 Å². The monoisotopic (exact) mass is 346 g/mol. The first-order chi connectivity index (χ1) is 12.0. The Kier molecular flexibility index (Phi) is 4.83. The van der Waals surface area contributed by atoms with Gasteiger partial charge in [-0.25, -0.2) is 4.39 Å². The lowest BCUT2D eigenvalue weighted by molar-refractivity contribution is -0.140. The molecule has 1 fully saturated rings. The van der Waals surface area contributed by atoms with Crippen LogP contribution in [0.1, 0.15) is 19.3 Å². The molecule has 1 N–H and O–H groups in total. The maximum Gasteiger partial charge on any atom is 0.233 e. The second-order valence-corrected chi connectivity index (χ2v) is 6.13. The molecule has 6 nitrogen and oxygen atoms in total. The molecule has 0 radical (unpaired) electrons. The van der Waals surface area contributed by atoms with Crippen molar-refractivity contribution in [2.24, 2.45) is 11.8 Å². The number of hydrogen-bond acceptors (Lipinski definition) is 4. The van der Waals surface area contributed by atoms with Crippen molar-refractivity contribution < 1.29 is 23.5 Å². The first-order valence-corrected chi connectivity index (χ1v) is 8.15. The Morgan fingerprint density at radius 3 is 2.48 bits per heavy atom. The third kappa shape index (κ3) is 3.40. The molecule has 0 saturated carbocycles. The van der Waals surface area contributed by atoms with E-state index in [1.54, 1.807) is 0 Å². The minimum Gasteiger partial charge on any atom is -0.494 e. The topological polar surface area (TPSA) is 75.7 Å². The van der Waals surface area contributed by atoms with Crippen molar-refractivity contribution in [2.75, 3.05) is 19.0 Å². The number of ether oxygens (including phenoxy) is 1. The van der Waals surface area contributed by atoms with Crippen LogP contribution in [0.5, 0.6) is 5.75 Å². The minimum absolute atomic E-state index is 0.0229. The number of halogens is 1. The van der Waals surface area contributed by atoms with Gasteiger partial charge in [-0.15, -0.1) is 0 Å². The van der Waals surface area contributed by atoms with E-state index >= 15 is 0 Å². The number of fused-ring (bicyclic) bond motifs is 1. The molecule has 7 heteroatoms. The summed E-state index contributed by atoms with van der Waals surface area (Å²) in [6, 6.07) is 3.78. The van der Waals surface area contributed by atoms with Crippen LogP contribution in [0.3, 0.4) is 0 Å². The molecule has 2 atom stereocenters. The SMILES string of the molecule is COc1cc(F)ccc1NC(=O)CCN1C(=O)C2CC=CCC2C1=O. The second kappa shape index (κ2) is 7.04. The minimum atomic E-state index is -0.473. The fraction of sp³-hybridized carbons (Fsp3) is 0.389. The Morgan fingerprint density at radius 2 is 1.88 bits per heavy atom. The highest BCUT2D eigenvalue weighted by molar-refractivity contribution is 6.05. The van der Waals surface area contributed by atoms with E-state index in [9.17, 15) is 18.8 Å². The number of carbonyl (C=O) groups excluding carboxylic acids is 3. The lowest BCUT2D eigenvalue weighted by atomic mass is 9.85. The highest BCUT2D eigenvalue weighted by atomic mass is 19.1. The van der Waals surface area contributed by atoms with Crippen LogP contribution in [0, 0.1) is 17.7 Å². The number of rotatable bonds is 5. The van der Waals surface area contributed by atoms with E-state index in [1.807, 2.05) is 12.2 Å². The molecule has 25 heavy (non-hydrogen) atoms. The number of nitrogens with one attached hydrogen (secondary N) is 1. The number of likely N-dealkylation sites (tertiary alicyclic amines) is 1. The summed E-state index contributed by atoms with van der Waals surface area (Å²) in [7, 11) is 1.38. The third-order valence-corrected chi connectivity index (χ3v) is 4.60. The average Bonchev–Trinajstić information content (AvgIpc) is 2.86. The van der Waals surface area contributed by atoms with E-state index in [-0.39, 0.29) is 48.3 Å². The molecule has 0 bridgehead atoms. The van der Waals surface area contributed by atoms with Crippen LogP contribution in [-0.2, 0) is 14.4 Å². The van der Waals surface area contributed by atoms with E-state index in [0.29, 0.717) is 18.5 Å². The van der Waals surface area contributed by atoms with Gasteiger partial charge >= 0.3 is 0 Å². The van der Waals surface area contributed by atoms with Gasteiger partial charge in [0, 0.05) is 19.0 Å². The summed E-state index contributed by atoms with van der Waals surface area (Å²) in [5.74, 6) is -1.63. The Labute approximate surface area is 144 Å². The fourth-order valence-electron chi connectivity index (χ4n) is 3.28. The van der Waals surface area contributed by atoms with Gasteiger partial charge in [0.15, 0.2) is 0 Å². The van der Waals surface area contributed by atoms with Gasteiger partial charge in [-0.05, 0) is 25.0 Å².